The summed E-state index contributed by atoms with van der Waals surface area (Å²) < 4.78 is 0. The van der Waals surface area contributed by atoms with Gasteiger partial charge in [0.1, 0.15) is 0 Å². The van der Waals surface area contributed by atoms with Gasteiger partial charge in [0.2, 0.25) is 0 Å². The van der Waals surface area contributed by atoms with Gasteiger partial charge in [-0.3, -0.25) is 4.79 Å². The Labute approximate surface area is 110 Å². The Morgan fingerprint density at radius 2 is 2.28 bits per heavy atom. The number of rotatable bonds is 7. The molecule has 0 spiro atoms. The summed E-state index contributed by atoms with van der Waals surface area (Å²) in [6.45, 7) is 2.32. The average molecular weight is 270 g/mol. The third-order valence-corrected chi connectivity index (χ3v) is 3.22. The minimum Gasteiger partial charge on any atom is -0.481 e. The third-order valence-electron chi connectivity index (χ3n) is 2.32. The Morgan fingerprint density at radius 3 is 2.89 bits per heavy atom. The fourth-order valence-electron chi connectivity index (χ4n) is 1.50. The number of carboxylic acid groups (broad SMARTS) is 1. The first kappa shape index (κ1) is 14.5. The normalized spacial score (nSPS) is 11.8. The molecule has 0 fully saturated rings. The van der Waals surface area contributed by atoms with Crippen LogP contribution in [0.1, 0.15) is 24.6 Å². The highest BCUT2D eigenvalue weighted by Crippen LogP contribution is 2.10. The van der Waals surface area contributed by atoms with Gasteiger partial charge in [-0.2, -0.15) is 0 Å². The zero-order valence-electron chi connectivity index (χ0n) is 10.3. The Balaban J connectivity index is 2.13. The van der Waals surface area contributed by atoms with Gasteiger partial charge < -0.3 is 15.7 Å². The van der Waals surface area contributed by atoms with Crippen LogP contribution in [0.4, 0.5) is 4.79 Å². The summed E-state index contributed by atoms with van der Waals surface area (Å²) in [7, 11) is 0. The molecule has 0 bridgehead atoms. The molecule has 2 amide bonds. The number of urea groups is 1. The van der Waals surface area contributed by atoms with Crippen LogP contribution >= 0.6 is 11.3 Å². The van der Waals surface area contributed by atoms with Gasteiger partial charge in [-0.25, -0.2) is 4.79 Å². The van der Waals surface area contributed by atoms with Crippen molar-refractivity contribution in [2.75, 3.05) is 6.54 Å². The first-order valence-corrected chi connectivity index (χ1v) is 6.74. The molecule has 6 heteroatoms. The van der Waals surface area contributed by atoms with Crippen molar-refractivity contribution in [3.8, 4) is 0 Å². The molecule has 18 heavy (non-hydrogen) atoms. The number of carboxylic acids is 1. The molecule has 0 radical (unpaired) electrons. The summed E-state index contributed by atoms with van der Waals surface area (Å²) in [5.41, 5.74) is 0. The minimum atomic E-state index is -0.844. The van der Waals surface area contributed by atoms with Crippen LogP contribution in [-0.2, 0) is 11.2 Å². The van der Waals surface area contributed by atoms with Crippen LogP contribution in [0.25, 0.3) is 0 Å². The van der Waals surface area contributed by atoms with E-state index in [0.29, 0.717) is 13.0 Å². The van der Waals surface area contributed by atoms with Gasteiger partial charge in [0, 0.05) is 30.3 Å². The largest absolute Gasteiger partial charge is 0.481 e. The van der Waals surface area contributed by atoms with E-state index in [2.05, 4.69) is 10.6 Å². The summed E-state index contributed by atoms with van der Waals surface area (Å²) in [6, 6.07) is 3.83. The van der Waals surface area contributed by atoms with Crippen molar-refractivity contribution in [2.24, 2.45) is 0 Å². The van der Waals surface area contributed by atoms with Crippen molar-refractivity contribution < 1.29 is 14.7 Å². The van der Waals surface area contributed by atoms with E-state index in [0.717, 1.165) is 6.42 Å². The molecule has 1 aromatic rings. The number of aliphatic carboxylic acids is 1. The first-order valence-electron chi connectivity index (χ1n) is 5.86. The standard InChI is InChI=1S/C12H18N2O3S/c1-9(8-10-4-3-7-18-10)14-12(17)13-6-2-5-11(15)16/h3-4,7,9H,2,5-6,8H2,1H3,(H,15,16)(H2,13,14,17). The molecule has 5 nitrogen and oxygen atoms in total. The second-order valence-corrected chi connectivity index (χ2v) is 5.11. The van der Waals surface area contributed by atoms with Crippen LogP contribution in [0.5, 0.6) is 0 Å². The van der Waals surface area contributed by atoms with E-state index in [9.17, 15) is 9.59 Å². The van der Waals surface area contributed by atoms with Crippen LogP contribution in [0, 0.1) is 0 Å². The lowest BCUT2D eigenvalue weighted by Gasteiger charge is -2.13. The summed E-state index contributed by atoms with van der Waals surface area (Å²) >= 11 is 1.67. The molecule has 1 atom stereocenters. The molecule has 0 saturated heterocycles. The number of nitrogens with one attached hydrogen (secondary N) is 2. The second-order valence-electron chi connectivity index (χ2n) is 4.08. The Hall–Kier alpha value is -1.56. The lowest BCUT2D eigenvalue weighted by molar-refractivity contribution is -0.137. The van der Waals surface area contributed by atoms with Crippen LogP contribution in [0.3, 0.4) is 0 Å². The fourth-order valence-corrected chi connectivity index (χ4v) is 2.33. The summed E-state index contributed by atoms with van der Waals surface area (Å²) in [5.74, 6) is -0.844. The number of carbonyl (C=O) groups excluding carboxylic acids is 1. The van der Waals surface area contributed by atoms with E-state index in [1.165, 1.54) is 4.88 Å². The monoisotopic (exact) mass is 270 g/mol. The second kappa shape index (κ2) is 7.71. The maximum atomic E-state index is 11.5. The van der Waals surface area contributed by atoms with Gasteiger partial charge >= 0.3 is 12.0 Å². The van der Waals surface area contributed by atoms with Gasteiger partial charge in [0.05, 0.1) is 0 Å². The van der Waals surface area contributed by atoms with Crippen molar-refractivity contribution in [2.45, 2.75) is 32.2 Å². The Morgan fingerprint density at radius 1 is 1.50 bits per heavy atom. The van der Waals surface area contributed by atoms with Crippen molar-refractivity contribution in [1.29, 1.82) is 0 Å². The lowest BCUT2D eigenvalue weighted by Crippen LogP contribution is -2.41. The molecular weight excluding hydrogens is 252 g/mol. The van der Waals surface area contributed by atoms with Gasteiger partial charge in [-0.1, -0.05) is 6.07 Å². The number of hydrogen-bond donors (Lipinski definition) is 3. The number of hydrogen-bond acceptors (Lipinski definition) is 3. The third kappa shape index (κ3) is 6.24. The van der Waals surface area contributed by atoms with Crippen molar-refractivity contribution in [3.63, 3.8) is 0 Å². The van der Waals surface area contributed by atoms with Crippen LogP contribution < -0.4 is 10.6 Å². The molecule has 0 aliphatic rings. The van der Waals surface area contributed by atoms with E-state index in [1.807, 2.05) is 24.4 Å². The molecule has 1 heterocycles. The zero-order valence-corrected chi connectivity index (χ0v) is 11.1. The van der Waals surface area contributed by atoms with E-state index in [4.69, 9.17) is 5.11 Å². The molecule has 0 aliphatic carbocycles. The summed E-state index contributed by atoms with van der Waals surface area (Å²) in [4.78, 5) is 23.0. The molecule has 1 rings (SSSR count). The topological polar surface area (TPSA) is 78.4 Å². The highest BCUT2D eigenvalue weighted by atomic mass is 32.1. The molecule has 0 saturated carbocycles. The van der Waals surface area contributed by atoms with Gasteiger partial charge in [0.15, 0.2) is 0 Å². The highest BCUT2D eigenvalue weighted by Gasteiger charge is 2.08. The maximum absolute atomic E-state index is 11.5. The molecule has 1 unspecified atom stereocenters. The Kier molecular flexibility index (Phi) is 6.21. The van der Waals surface area contributed by atoms with Crippen molar-refractivity contribution >= 4 is 23.3 Å². The number of amides is 2. The van der Waals surface area contributed by atoms with Crippen LogP contribution in [0.2, 0.25) is 0 Å². The van der Waals surface area contributed by atoms with E-state index >= 15 is 0 Å². The SMILES string of the molecule is CC(Cc1cccs1)NC(=O)NCCCC(=O)O. The van der Waals surface area contributed by atoms with E-state index < -0.39 is 5.97 Å². The van der Waals surface area contributed by atoms with E-state index in [-0.39, 0.29) is 18.5 Å². The zero-order chi connectivity index (χ0) is 13.4. The molecule has 3 N–H and O–H groups in total. The van der Waals surface area contributed by atoms with Gasteiger partial charge in [-0.15, -0.1) is 11.3 Å². The predicted octanol–water partition coefficient (Wildman–Crippen LogP) is 1.84. The lowest BCUT2D eigenvalue weighted by atomic mass is 10.2. The van der Waals surface area contributed by atoms with Crippen molar-refractivity contribution in [1.82, 2.24) is 10.6 Å². The minimum absolute atomic E-state index is 0.0584. The van der Waals surface area contributed by atoms with Gasteiger partial charge in [-0.05, 0) is 24.8 Å². The molecule has 0 aliphatic heterocycles. The summed E-state index contributed by atoms with van der Waals surface area (Å²) in [6.07, 6.45) is 1.33. The molecular formula is C12H18N2O3S. The number of thiophene rings is 1. The quantitative estimate of drug-likeness (QED) is 0.662. The fraction of sp³-hybridized carbons (Fsp3) is 0.500. The predicted molar refractivity (Wildman–Crippen MR) is 70.9 cm³/mol. The highest BCUT2D eigenvalue weighted by molar-refractivity contribution is 7.09. The van der Waals surface area contributed by atoms with Gasteiger partial charge in [0.25, 0.3) is 0 Å². The maximum Gasteiger partial charge on any atom is 0.315 e. The average Bonchev–Trinajstić information content (AvgIpc) is 2.76. The Bertz CT molecular complexity index is 379. The molecule has 0 aromatic carbocycles. The molecule has 1 aromatic heterocycles. The first-order chi connectivity index (χ1) is 8.58. The van der Waals surface area contributed by atoms with Crippen molar-refractivity contribution in [3.05, 3.63) is 22.4 Å². The van der Waals surface area contributed by atoms with Crippen LogP contribution in [-0.4, -0.2) is 29.7 Å². The van der Waals surface area contributed by atoms with E-state index in [1.54, 1.807) is 11.3 Å². The smallest absolute Gasteiger partial charge is 0.315 e. The van der Waals surface area contributed by atoms with Crippen LogP contribution in [0.15, 0.2) is 17.5 Å². The summed E-state index contributed by atoms with van der Waals surface area (Å²) in [5, 5.41) is 15.9. The number of carbonyl (C=O) groups is 2. The molecule has 100 valence electrons.